The largest absolute Gasteiger partial charge is 0.497 e. The number of aryl methyl sites for hydroxylation is 1. The van der Waals surface area contributed by atoms with Crippen LogP contribution in [0.4, 0.5) is 0 Å². The van der Waals surface area contributed by atoms with Gasteiger partial charge in [0.05, 0.1) is 18.4 Å². The van der Waals surface area contributed by atoms with Crippen molar-refractivity contribution in [2.24, 2.45) is 23.2 Å². The molecule has 1 aromatic carbocycles. The number of nitrogens with one attached hydrogen (secondary N) is 1. The van der Waals surface area contributed by atoms with E-state index in [1.165, 1.54) is 50.3 Å². The van der Waals surface area contributed by atoms with Crippen LogP contribution < -0.4 is 10.1 Å². The van der Waals surface area contributed by atoms with Crippen molar-refractivity contribution in [3.05, 3.63) is 29.8 Å². The van der Waals surface area contributed by atoms with E-state index < -0.39 is 0 Å². The molecule has 7 heteroatoms. The van der Waals surface area contributed by atoms with Crippen LogP contribution in [-0.4, -0.2) is 39.9 Å². The average Bonchev–Trinajstić information content (AvgIpc) is 3.18. The number of benzene rings is 1. The lowest BCUT2D eigenvalue weighted by Crippen LogP contribution is -2.51. The summed E-state index contributed by atoms with van der Waals surface area (Å²) in [5.74, 6) is 3.96. The third kappa shape index (κ3) is 3.45. The molecule has 7 rings (SSSR count). The zero-order valence-electron chi connectivity index (χ0n) is 18.8. The predicted octanol–water partition coefficient (Wildman–Crippen LogP) is 4.62. The van der Waals surface area contributed by atoms with Crippen LogP contribution in [0.2, 0.25) is 0 Å². The number of rotatable bonds is 6. The minimum atomic E-state index is 0.0940. The van der Waals surface area contributed by atoms with Gasteiger partial charge in [-0.3, -0.25) is 9.20 Å². The van der Waals surface area contributed by atoms with Gasteiger partial charge in [0, 0.05) is 18.0 Å². The van der Waals surface area contributed by atoms with E-state index in [4.69, 9.17) is 4.74 Å². The van der Waals surface area contributed by atoms with Crippen molar-refractivity contribution in [2.75, 3.05) is 19.4 Å². The van der Waals surface area contributed by atoms with Crippen LogP contribution in [0.25, 0.3) is 16.6 Å². The third-order valence-corrected chi connectivity index (χ3v) is 8.96. The number of carbonyl (C=O) groups excluding carboxylic acids is 1. The first kappa shape index (κ1) is 20.3. The zero-order chi connectivity index (χ0) is 21.9. The molecule has 0 saturated heterocycles. The van der Waals surface area contributed by atoms with Gasteiger partial charge in [-0.2, -0.15) is 0 Å². The van der Waals surface area contributed by atoms with Crippen LogP contribution >= 0.6 is 11.8 Å². The van der Waals surface area contributed by atoms with Gasteiger partial charge in [-0.1, -0.05) is 11.8 Å². The number of pyridine rings is 1. The maximum absolute atomic E-state index is 12.8. The summed E-state index contributed by atoms with van der Waals surface area (Å²) in [5.41, 5.74) is 3.30. The number of ether oxygens (including phenoxy) is 1. The van der Waals surface area contributed by atoms with Crippen molar-refractivity contribution in [1.82, 2.24) is 19.9 Å². The average molecular weight is 451 g/mol. The van der Waals surface area contributed by atoms with E-state index in [1.54, 1.807) is 7.11 Å². The van der Waals surface area contributed by atoms with Crippen molar-refractivity contribution in [3.8, 4) is 5.75 Å². The minimum Gasteiger partial charge on any atom is -0.497 e. The van der Waals surface area contributed by atoms with Gasteiger partial charge < -0.3 is 10.1 Å². The Labute approximate surface area is 192 Å². The Bertz CT molecular complexity index is 1170. The van der Waals surface area contributed by atoms with Crippen molar-refractivity contribution < 1.29 is 9.53 Å². The Morgan fingerprint density at radius 1 is 1.16 bits per heavy atom. The second-order valence-corrected chi connectivity index (χ2v) is 11.3. The van der Waals surface area contributed by atoms with Crippen molar-refractivity contribution in [2.45, 2.75) is 50.6 Å². The molecule has 3 aromatic rings. The molecule has 32 heavy (non-hydrogen) atoms. The van der Waals surface area contributed by atoms with E-state index in [2.05, 4.69) is 28.5 Å². The number of fused-ring (bicyclic) bond motifs is 3. The number of hydrogen-bond donors (Lipinski definition) is 1. The second-order valence-electron chi connectivity index (χ2n) is 10.4. The molecule has 168 valence electrons. The van der Waals surface area contributed by atoms with Gasteiger partial charge in [-0.25, -0.2) is 0 Å². The Hall–Kier alpha value is -2.28. The molecule has 0 aliphatic heterocycles. The molecule has 0 radical (unpaired) electrons. The summed E-state index contributed by atoms with van der Waals surface area (Å²) >= 11 is 1.45. The smallest absolute Gasteiger partial charge is 0.230 e. The van der Waals surface area contributed by atoms with Crippen LogP contribution in [0.3, 0.4) is 0 Å². The Balaban J connectivity index is 1.17. The van der Waals surface area contributed by atoms with Gasteiger partial charge in [0.1, 0.15) is 5.75 Å². The van der Waals surface area contributed by atoms with Crippen LogP contribution in [0.15, 0.2) is 29.4 Å². The van der Waals surface area contributed by atoms with Crippen molar-refractivity contribution >= 4 is 34.2 Å². The first-order valence-corrected chi connectivity index (χ1v) is 12.7. The molecule has 4 aliphatic rings. The maximum Gasteiger partial charge on any atom is 0.230 e. The molecule has 2 aromatic heterocycles. The molecular weight excluding hydrogens is 420 g/mol. The van der Waals surface area contributed by atoms with Crippen molar-refractivity contribution in [1.29, 1.82) is 0 Å². The molecule has 0 unspecified atom stereocenters. The fraction of sp³-hybridized carbons (Fsp3) is 0.560. The summed E-state index contributed by atoms with van der Waals surface area (Å²) in [4.78, 5) is 12.8. The van der Waals surface area contributed by atoms with Crippen LogP contribution in [-0.2, 0) is 4.79 Å². The standard InChI is InChI=1S/C25H30N4O2S/c1-15-5-22-27-28-24(29(22)21-9-19(31-2)3-4-20(15)21)32-13-23(30)26-14-25-10-16-6-17(11-25)8-18(7-16)12-25/h3-5,9,16-18H,6-8,10-14H2,1-2H3,(H,26,30). The highest BCUT2D eigenvalue weighted by atomic mass is 32.2. The molecule has 4 fully saturated rings. The van der Waals surface area contributed by atoms with E-state index in [0.29, 0.717) is 11.2 Å². The number of hydrogen-bond acceptors (Lipinski definition) is 5. The van der Waals surface area contributed by atoms with E-state index in [-0.39, 0.29) is 5.91 Å². The summed E-state index contributed by atoms with van der Waals surface area (Å²) in [6.07, 6.45) is 8.24. The summed E-state index contributed by atoms with van der Waals surface area (Å²) in [6, 6.07) is 8.08. The number of aromatic nitrogens is 3. The Kier molecular flexibility index (Phi) is 4.86. The van der Waals surface area contributed by atoms with Crippen LogP contribution in [0, 0.1) is 30.1 Å². The predicted molar refractivity (Wildman–Crippen MR) is 126 cm³/mol. The fourth-order valence-corrected chi connectivity index (χ4v) is 7.88. The summed E-state index contributed by atoms with van der Waals surface area (Å²) in [7, 11) is 1.67. The first-order valence-electron chi connectivity index (χ1n) is 11.7. The quantitative estimate of drug-likeness (QED) is 0.555. The normalized spacial score (nSPS) is 28.5. The number of amides is 1. The molecule has 0 atom stereocenters. The summed E-state index contributed by atoms with van der Waals surface area (Å²) in [6.45, 7) is 2.92. The van der Waals surface area contributed by atoms with Gasteiger partial charge in [0.15, 0.2) is 10.8 Å². The lowest BCUT2D eigenvalue weighted by Gasteiger charge is -2.56. The van der Waals surface area contributed by atoms with E-state index >= 15 is 0 Å². The molecule has 4 aliphatic carbocycles. The number of thioether (sulfide) groups is 1. The van der Waals surface area contributed by atoms with Gasteiger partial charge >= 0.3 is 0 Å². The Morgan fingerprint density at radius 3 is 2.56 bits per heavy atom. The monoisotopic (exact) mass is 450 g/mol. The van der Waals surface area contributed by atoms with Crippen LogP contribution in [0.1, 0.15) is 44.1 Å². The lowest BCUT2D eigenvalue weighted by molar-refractivity contribution is -0.120. The minimum absolute atomic E-state index is 0.0940. The fourth-order valence-electron chi connectivity index (χ4n) is 7.10. The molecule has 4 bridgehead atoms. The Morgan fingerprint density at radius 2 is 1.88 bits per heavy atom. The van der Waals surface area contributed by atoms with Gasteiger partial charge in [-0.05, 0) is 92.4 Å². The summed E-state index contributed by atoms with van der Waals surface area (Å²) in [5, 5.41) is 13.9. The number of methoxy groups -OCH3 is 1. The molecule has 1 amide bonds. The van der Waals surface area contributed by atoms with Crippen molar-refractivity contribution in [3.63, 3.8) is 0 Å². The van der Waals surface area contributed by atoms with Gasteiger partial charge in [0.2, 0.25) is 5.91 Å². The SMILES string of the molecule is COc1ccc2c(C)cc3nnc(SCC(=O)NCC45CC6CC(CC(C6)C4)C5)n3c2c1. The zero-order valence-corrected chi connectivity index (χ0v) is 19.6. The topological polar surface area (TPSA) is 68.5 Å². The second kappa shape index (κ2) is 7.65. The van der Waals surface area contributed by atoms with E-state index in [1.807, 2.05) is 22.6 Å². The lowest BCUT2D eigenvalue weighted by atomic mass is 9.49. The van der Waals surface area contributed by atoms with Gasteiger partial charge in [-0.15, -0.1) is 10.2 Å². The molecule has 2 heterocycles. The molecular formula is C25H30N4O2S. The maximum atomic E-state index is 12.8. The molecule has 0 spiro atoms. The van der Waals surface area contributed by atoms with Crippen LogP contribution in [0.5, 0.6) is 5.75 Å². The number of carbonyl (C=O) groups is 1. The highest BCUT2D eigenvalue weighted by Gasteiger charge is 2.50. The molecule has 6 nitrogen and oxygen atoms in total. The molecule has 1 N–H and O–H groups in total. The third-order valence-electron chi connectivity index (χ3n) is 8.03. The van der Waals surface area contributed by atoms with E-state index in [0.717, 1.165) is 57.3 Å². The highest BCUT2D eigenvalue weighted by Crippen LogP contribution is 2.59. The van der Waals surface area contributed by atoms with E-state index in [9.17, 15) is 4.79 Å². The molecule has 4 saturated carbocycles. The highest BCUT2D eigenvalue weighted by molar-refractivity contribution is 7.99. The summed E-state index contributed by atoms with van der Waals surface area (Å²) < 4.78 is 7.46. The number of nitrogens with zero attached hydrogens (tertiary/aromatic N) is 3. The van der Waals surface area contributed by atoms with Gasteiger partial charge in [0.25, 0.3) is 0 Å². The first-order chi connectivity index (χ1) is 15.5.